The highest BCUT2D eigenvalue weighted by Gasteiger charge is 2.09. The topological polar surface area (TPSA) is 84.4 Å². The Morgan fingerprint density at radius 3 is 2.94 bits per heavy atom. The number of halogens is 1. The Balaban J connectivity index is 2.26. The lowest BCUT2D eigenvalue weighted by Crippen LogP contribution is -2.13. The Bertz CT molecular complexity index is 544. The average Bonchev–Trinajstić information content (AvgIpc) is 2.83. The lowest BCUT2D eigenvalue weighted by atomic mass is 10.2. The van der Waals surface area contributed by atoms with Gasteiger partial charge in [0.15, 0.2) is 10.2 Å². The molecule has 0 saturated heterocycles. The molecule has 17 heavy (non-hydrogen) atoms. The van der Waals surface area contributed by atoms with Gasteiger partial charge in [-0.2, -0.15) is 4.37 Å². The molecule has 0 bridgehead atoms. The van der Waals surface area contributed by atoms with Crippen molar-refractivity contribution in [3.05, 3.63) is 35.9 Å². The molecule has 2 aromatic rings. The van der Waals surface area contributed by atoms with Gasteiger partial charge in [0.2, 0.25) is 0 Å². The van der Waals surface area contributed by atoms with Gasteiger partial charge in [-0.05, 0) is 29.7 Å². The standard InChI is InChI=1S/C9H7FN4OS2/c10-6-3-5(8(11)14-15)1-2-7(6)16-9-12-4-13-17-9/h1-4,15H,(H2,11,14). The number of benzene rings is 1. The van der Waals surface area contributed by atoms with E-state index in [1.807, 2.05) is 0 Å². The molecule has 0 saturated carbocycles. The maximum absolute atomic E-state index is 13.7. The molecular formula is C9H7FN4OS2. The lowest BCUT2D eigenvalue weighted by Gasteiger charge is -2.02. The fourth-order valence-corrected chi connectivity index (χ4v) is 2.51. The van der Waals surface area contributed by atoms with Crippen LogP contribution in [0.1, 0.15) is 5.56 Å². The lowest BCUT2D eigenvalue weighted by molar-refractivity contribution is 0.318. The molecule has 0 unspecified atom stereocenters. The molecular weight excluding hydrogens is 263 g/mol. The molecule has 1 heterocycles. The minimum Gasteiger partial charge on any atom is -0.409 e. The van der Waals surface area contributed by atoms with Gasteiger partial charge in [0.1, 0.15) is 12.1 Å². The summed E-state index contributed by atoms with van der Waals surface area (Å²) in [4.78, 5) is 4.35. The van der Waals surface area contributed by atoms with E-state index in [1.54, 1.807) is 12.1 Å². The first-order valence-corrected chi connectivity index (χ1v) is 6.01. The van der Waals surface area contributed by atoms with Gasteiger partial charge >= 0.3 is 0 Å². The van der Waals surface area contributed by atoms with Crippen molar-refractivity contribution in [1.82, 2.24) is 9.36 Å². The molecule has 0 fully saturated rings. The molecule has 1 aromatic heterocycles. The van der Waals surface area contributed by atoms with Crippen LogP contribution in [-0.4, -0.2) is 20.4 Å². The smallest absolute Gasteiger partial charge is 0.174 e. The molecule has 8 heteroatoms. The normalized spacial score (nSPS) is 11.7. The summed E-state index contributed by atoms with van der Waals surface area (Å²) in [7, 11) is 0. The number of nitrogens with two attached hydrogens (primary N) is 1. The van der Waals surface area contributed by atoms with Crippen LogP contribution in [0, 0.1) is 5.82 Å². The minimum atomic E-state index is -0.450. The van der Waals surface area contributed by atoms with E-state index in [0.29, 0.717) is 14.8 Å². The van der Waals surface area contributed by atoms with E-state index in [4.69, 9.17) is 10.9 Å². The van der Waals surface area contributed by atoms with E-state index < -0.39 is 5.82 Å². The molecule has 3 N–H and O–H groups in total. The third kappa shape index (κ3) is 2.71. The van der Waals surface area contributed by atoms with Crippen LogP contribution in [0.2, 0.25) is 0 Å². The van der Waals surface area contributed by atoms with Crippen molar-refractivity contribution in [2.45, 2.75) is 9.24 Å². The second-order valence-corrected chi connectivity index (χ2v) is 5.01. The number of amidine groups is 1. The highest BCUT2D eigenvalue weighted by Crippen LogP contribution is 2.30. The molecule has 2 rings (SSSR count). The van der Waals surface area contributed by atoms with Crippen LogP contribution >= 0.6 is 23.3 Å². The number of rotatable bonds is 3. The Morgan fingerprint density at radius 1 is 1.53 bits per heavy atom. The molecule has 0 aliphatic rings. The maximum Gasteiger partial charge on any atom is 0.174 e. The second kappa shape index (κ2) is 5.11. The largest absolute Gasteiger partial charge is 0.409 e. The SMILES string of the molecule is NC(=NO)c1ccc(Sc2ncns2)c(F)c1. The number of hydrogen-bond donors (Lipinski definition) is 2. The first-order chi connectivity index (χ1) is 8.20. The molecule has 0 aliphatic carbocycles. The van der Waals surface area contributed by atoms with Crippen molar-refractivity contribution in [2.24, 2.45) is 10.9 Å². The molecule has 0 spiro atoms. The van der Waals surface area contributed by atoms with E-state index in [0.717, 1.165) is 0 Å². The van der Waals surface area contributed by atoms with Crippen molar-refractivity contribution in [2.75, 3.05) is 0 Å². The minimum absolute atomic E-state index is 0.128. The molecule has 0 amide bonds. The van der Waals surface area contributed by atoms with Gasteiger partial charge in [-0.3, -0.25) is 0 Å². The summed E-state index contributed by atoms with van der Waals surface area (Å²) in [6, 6.07) is 4.33. The molecule has 5 nitrogen and oxygen atoms in total. The van der Waals surface area contributed by atoms with Crippen LogP contribution in [0.4, 0.5) is 4.39 Å². The van der Waals surface area contributed by atoms with E-state index in [1.165, 1.54) is 35.7 Å². The zero-order valence-electron chi connectivity index (χ0n) is 8.37. The first kappa shape index (κ1) is 11.8. The number of oxime groups is 1. The van der Waals surface area contributed by atoms with Crippen LogP contribution in [0.5, 0.6) is 0 Å². The van der Waals surface area contributed by atoms with Gasteiger partial charge in [-0.15, -0.1) is 0 Å². The van der Waals surface area contributed by atoms with Gasteiger partial charge in [0.25, 0.3) is 0 Å². The fourth-order valence-electron chi connectivity index (χ4n) is 1.10. The third-order valence-electron chi connectivity index (χ3n) is 1.87. The maximum atomic E-state index is 13.7. The van der Waals surface area contributed by atoms with Crippen molar-refractivity contribution in [3.8, 4) is 0 Å². The summed E-state index contributed by atoms with van der Waals surface area (Å²) >= 11 is 2.36. The Hall–Kier alpha value is -1.67. The van der Waals surface area contributed by atoms with Crippen molar-refractivity contribution >= 4 is 29.1 Å². The summed E-state index contributed by atoms with van der Waals surface area (Å²) in [6.07, 6.45) is 1.41. The van der Waals surface area contributed by atoms with E-state index >= 15 is 0 Å². The molecule has 0 radical (unpaired) electrons. The van der Waals surface area contributed by atoms with Crippen LogP contribution in [0.25, 0.3) is 0 Å². The number of hydrogen-bond acceptors (Lipinski definition) is 6. The number of aromatic nitrogens is 2. The quantitative estimate of drug-likeness (QED) is 0.385. The summed E-state index contributed by atoms with van der Waals surface area (Å²) in [5.74, 6) is -0.578. The fraction of sp³-hybridized carbons (Fsp3) is 0. The van der Waals surface area contributed by atoms with Crippen molar-refractivity contribution in [3.63, 3.8) is 0 Å². The Morgan fingerprint density at radius 2 is 2.35 bits per heavy atom. The second-order valence-electron chi connectivity index (χ2n) is 2.94. The van der Waals surface area contributed by atoms with E-state index in [2.05, 4.69) is 14.5 Å². The van der Waals surface area contributed by atoms with E-state index in [-0.39, 0.29) is 5.84 Å². The van der Waals surface area contributed by atoms with Crippen LogP contribution in [0.3, 0.4) is 0 Å². The van der Waals surface area contributed by atoms with Gasteiger partial charge in [0, 0.05) is 5.56 Å². The average molecular weight is 270 g/mol. The van der Waals surface area contributed by atoms with Crippen molar-refractivity contribution < 1.29 is 9.60 Å². The predicted molar refractivity (Wildman–Crippen MR) is 62.9 cm³/mol. The highest BCUT2D eigenvalue weighted by molar-refractivity contribution is 8.01. The van der Waals surface area contributed by atoms with Gasteiger partial charge in [-0.25, -0.2) is 9.37 Å². The first-order valence-electron chi connectivity index (χ1n) is 4.42. The van der Waals surface area contributed by atoms with Crippen molar-refractivity contribution in [1.29, 1.82) is 0 Å². The summed E-state index contributed by atoms with van der Waals surface area (Å²) in [6.45, 7) is 0. The van der Waals surface area contributed by atoms with Gasteiger partial charge in [0.05, 0.1) is 4.90 Å². The molecule has 0 aliphatic heterocycles. The molecule has 1 aromatic carbocycles. The summed E-state index contributed by atoms with van der Waals surface area (Å²) in [5.41, 5.74) is 5.68. The Labute approximate surface area is 104 Å². The molecule has 88 valence electrons. The van der Waals surface area contributed by atoms with E-state index in [9.17, 15) is 4.39 Å². The van der Waals surface area contributed by atoms with Crippen LogP contribution < -0.4 is 5.73 Å². The summed E-state index contributed by atoms with van der Waals surface area (Å²) < 4.78 is 18.2. The predicted octanol–water partition coefficient (Wildman–Crippen LogP) is 1.92. The zero-order valence-corrected chi connectivity index (χ0v) is 10.0. The summed E-state index contributed by atoms with van der Waals surface area (Å²) in [5, 5.41) is 11.3. The monoisotopic (exact) mass is 270 g/mol. The van der Waals surface area contributed by atoms with Gasteiger partial charge < -0.3 is 10.9 Å². The highest BCUT2D eigenvalue weighted by atomic mass is 32.2. The van der Waals surface area contributed by atoms with Gasteiger partial charge in [-0.1, -0.05) is 16.9 Å². The molecule has 0 atom stereocenters. The van der Waals surface area contributed by atoms with Crippen LogP contribution in [-0.2, 0) is 0 Å². The Kier molecular flexibility index (Phi) is 3.55. The third-order valence-corrected chi connectivity index (χ3v) is 3.64. The van der Waals surface area contributed by atoms with Crippen LogP contribution in [0.15, 0.2) is 38.9 Å². The number of nitrogens with zero attached hydrogens (tertiary/aromatic N) is 3. The zero-order chi connectivity index (χ0) is 12.3.